The van der Waals surface area contributed by atoms with Crippen molar-refractivity contribution in [2.45, 2.75) is 24.9 Å². The number of hydrogen-bond acceptors (Lipinski definition) is 4. The highest BCUT2D eigenvalue weighted by Gasteiger charge is 2.54. The van der Waals surface area contributed by atoms with E-state index in [0.717, 1.165) is 0 Å². The summed E-state index contributed by atoms with van der Waals surface area (Å²) in [5.41, 5.74) is 0.108. The van der Waals surface area contributed by atoms with Crippen LogP contribution in [0.5, 0.6) is 5.75 Å². The van der Waals surface area contributed by atoms with Crippen molar-refractivity contribution in [3.8, 4) is 17.1 Å². The average Bonchev–Trinajstić information content (AvgIpc) is 3.33. The van der Waals surface area contributed by atoms with E-state index in [2.05, 4.69) is 15.2 Å². The molecule has 0 spiro atoms. The van der Waals surface area contributed by atoms with E-state index < -0.39 is 17.8 Å². The van der Waals surface area contributed by atoms with E-state index in [-0.39, 0.29) is 23.0 Å². The van der Waals surface area contributed by atoms with E-state index in [1.54, 1.807) is 30.3 Å². The van der Waals surface area contributed by atoms with Gasteiger partial charge in [0.1, 0.15) is 11.6 Å². The fourth-order valence-electron chi connectivity index (χ4n) is 3.01. The third-order valence-electron chi connectivity index (χ3n) is 4.64. The molecule has 1 fully saturated rings. The van der Waals surface area contributed by atoms with Crippen LogP contribution in [0.1, 0.15) is 18.5 Å². The maximum Gasteiger partial charge on any atom is 0.387 e. The van der Waals surface area contributed by atoms with Crippen molar-refractivity contribution in [2.24, 2.45) is 0 Å². The Morgan fingerprint density at radius 3 is 2.64 bits per heavy atom. The van der Waals surface area contributed by atoms with Gasteiger partial charge in [-0.1, -0.05) is 23.4 Å². The zero-order valence-electron chi connectivity index (χ0n) is 14.5. The van der Waals surface area contributed by atoms with Gasteiger partial charge in [-0.05, 0) is 37.1 Å². The predicted molar refractivity (Wildman–Crippen MR) is 94.5 cm³/mol. The van der Waals surface area contributed by atoms with Gasteiger partial charge in [-0.2, -0.15) is 8.78 Å². The third kappa shape index (κ3) is 3.45. The molecule has 3 aromatic rings. The van der Waals surface area contributed by atoms with Crippen LogP contribution in [0.3, 0.4) is 0 Å². The van der Waals surface area contributed by atoms with Crippen LogP contribution in [-0.2, 0) is 10.2 Å². The molecule has 1 aliphatic rings. The predicted octanol–water partition coefficient (Wildman–Crippen LogP) is 4.75. The molecule has 4 rings (SSSR count). The molecule has 1 N–H and O–H groups in total. The van der Waals surface area contributed by atoms with E-state index in [1.165, 1.54) is 24.3 Å². The molecule has 1 amide bonds. The summed E-state index contributed by atoms with van der Waals surface area (Å²) in [5, 5.41) is 6.66. The van der Waals surface area contributed by atoms with E-state index in [1.807, 2.05) is 0 Å². The van der Waals surface area contributed by atoms with Crippen LogP contribution >= 0.6 is 0 Å². The summed E-state index contributed by atoms with van der Waals surface area (Å²) in [7, 11) is 0. The SMILES string of the molecule is O=C(Nc1cccc(OC(F)F)c1)C1(c2cc(-c3ccccc3F)on2)CC1. The summed E-state index contributed by atoms with van der Waals surface area (Å²) < 4.78 is 48.2. The van der Waals surface area contributed by atoms with Gasteiger partial charge < -0.3 is 14.6 Å². The number of alkyl halides is 2. The van der Waals surface area contributed by atoms with Gasteiger partial charge in [0.25, 0.3) is 0 Å². The standard InChI is InChI=1S/C20H15F3N2O3/c21-15-7-2-1-6-14(15)16-11-17(25-28-16)20(8-9-20)18(26)24-12-4-3-5-13(10-12)27-19(22)23/h1-7,10-11,19H,8-9H2,(H,24,26). The number of anilines is 1. The highest BCUT2D eigenvalue weighted by molar-refractivity contribution is 6.01. The Bertz CT molecular complexity index is 1020. The van der Waals surface area contributed by atoms with Gasteiger partial charge >= 0.3 is 6.61 Å². The van der Waals surface area contributed by atoms with Crippen LogP contribution in [0.4, 0.5) is 18.9 Å². The number of ether oxygens (including phenoxy) is 1. The van der Waals surface area contributed by atoms with Crippen molar-refractivity contribution in [2.75, 3.05) is 5.32 Å². The minimum atomic E-state index is -2.95. The number of nitrogens with zero attached hydrogens (tertiary/aromatic N) is 1. The first-order valence-corrected chi connectivity index (χ1v) is 8.56. The second-order valence-electron chi connectivity index (χ2n) is 6.50. The molecule has 1 saturated carbocycles. The van der Waals surface area contributed by atoms with Crippen LogP contribution in [-0.4, -0.2) is 17.7 Å². The number of aromatic nitrogens is 1. The van der Waals surface area contributed by atoms with Gasteiger partial charge in [0.05, 0.1) is 16.7 Å². The zero-order chi connectivity index (χ0) is 19.7. The highest BCUT2D eigenvalue weighted by atomic mass is 19.3. The number of benzene rings is 2. The molecule has 0 saturated heterocycles. The lowest BCUT2D eigenvalue weighted by molar-refractivity contribution is -0.118. The van der Waals surface area contributed by atoms with Crippen LogP contribution in [0.25, 0.3) is 11.3 Å². The van der Waals surface area contributed by atoms with E-state index in [0.29, 0.717) is 24.2 Å². The smallest absolute Gasteiger partial charge is 0.387 e. The molecular formula is C20H15F3N2O3. The Labute approximate surface area is 158 Å². The van der Waals surface area contributed by atoms with Gasteiger partial charge in [0.2, 0.25) is 5.91 Å². The molecule has 28 heavy (non-hydrogen) atoms. The lowest BCUT2D eigenvalue weighted by Gasteiger charge is -2.13. The number of amides is 1. The van der Waals surface area contributed by atoms with Gasteiger partial charge in [0, 0.05) is 17.8 Å². The first-order valence-electron chi connectivity index (χ1n) is 8.56. The monoisotopic (exact) mass is 388 g/mol. The van der Waals surface area contributed by atoms with Crippen molar-refractivity contribution >= 4 is 11.6 Å². The fraction of sp³-hybridized carbons (Fsp3) is 0.200. The Morgan fingerprint density at radius 1 is 1.14 bits per heavy atom. The van der Waals surface area contributed by atoms with Gasteiger partial charge in [0.15, 0.2) is 5.76 Å². The van der Waals surface area contributed by atoms with Crippen molar-refractivity contribution in [3.63, 3.8) is 0 Å². The molecular weight excluding hydrogens is 373 g/mol. The summed E-state index contributed by atoms with van der Waals surface area (Å²) in [5.74, 6) is -0.606. The Hall–Kier alpha value is -3.29. The second-order valence-corrected chi connectivity index (χ2v) is 6.50. The van der Waals surface area contributed by atoms with Crippen LogP contribution < -0.4 is 10.1 Å². The molecule has 0 radical (unpaired) electrons. The molecule has 0 aliphatic heterocycles. The first-order chi connectivity index (χ1) is 13.5. The molecule has 0 unspecified atom stereocenters. The molecule has 5 nitrogen and oxygen atoms in total. The molecule has 0 atom stereocenters. The number of carbonyl (C=O) groups is 1. The maximum absolute atomic E-state index is 13.9. The van der Waals surface area contributed by atoms with E-state index >= 15 is 0 Å². The normalized spacial score (nSPS) is 14.7. The Morgan fingerprint density at radius 2 is 1.93 bits per heavy atom. The molecule has 2 aromatic carbocycles. The lowest BCUT2D eigenvalue weighted by Crippen LogP contribution is -2.28. The topological polar surface area (TPSA) is 64.4 Å². The second kappa shape index (κ2) is 7.03. The summed E-state index contributed by atoms with van der Waals surface area (Å²) in [4.78, 5) is 12.8. The number of carbonyl (C=O) groups excluding carboxylic acids is 1. The van der Waals surface area contributed by atoms with Crippen molar-refractivity contribution < 1.29 is 27.2 Å². The van der Waals surface area contributed by atoms with Crippen LogP contribution in [0.15, 0.2) is 59.1 Å². The number of nitrogens with one attached hydrogen (secondary N) is 1. The van der Waals surface area contributed by atoms with Crippen molar-refractivity contribution in [1.82, 2.24) is 5.16 Å². The van der Waals surface area contributed by atoms with Crippen molar-refractivity contribution in [3.05, 3.63) is 66.1 Å². The molecule has 8 heteroatoms. The van der Waals surface area contributed by atoms with E-state index in [4.69, 9.17) is 4.52 Å². The maximum atomic E-state index is 13.9. The largest absolute Gasteiger partial charge is 0.435 e. The van der Waals surface area contributed by atoms with Crippen molar-refractivity contribution in [1.29, 1.82) is 0 Å². The number of rotatable bonds is 6. The summed E-state index contributed by atoms with van der Waals surface area (Å²) in [6.07, 6.45) is 1.10. The summed E-state index contributed by atoms with van der Waals surface area (Å²) >= 11 is 0. The third-order valence-corrected chi connectivity index (χ3v) is 4.64. The lowest BCUT2D eigenvalue weighted by atomic mass is 10.00. The highest BCUT2D eigenvalue weighted by Crippen LogP contribution is 2.49. The minimum absolute atomic E-state index is 0.0547. The molecule has 0 bridgehead atoms. The van der Waals surface area contributed by atoms with Gasteiger partial charge in [-0.25, -0.2) is 4.39 Å². The quantitative estimate of drug-likeness (QED) is 0.662. The Kier molecular flexibility index (Phi) is 4.54. The molecule has 144 valence electrons. The van der Waals surface area contributed by atoms with E-state index in [9.17, 15) is 18.0 Å². The number of halogens is 3. The Balaban J connectivity index is 1.53. The first kappa shape index (κ1) is 18.1. The van der Waals surface area contributed by atoms with Gasteiger partial charge in [-0.15, -0.1) is 0 Å². The summed E-state index contributed by atoms with van der Waals surface area (Å²) in [6, 6.07) is 13.4. The molecule has 1 aliphatic carbocycles. The fourth-order valence-corrected chi connectivity index (χ4v) is 3.01. The summed E-state index contributed by atoms with van der Waals surface area (Å²) in [6.45, 7) is -2.95. The average molecular weight is 388 g/mol. The molecule has 1 aromatic heterocycles. The number of hydrogen-bond donors (Lipinski definition) is 1. The van der Waals surface area contributed by atoms with Gasteiger partial charge in [-0.3, -0.25) is 4.79 Å². The molecule has 1 heterocycles. The minimum Gasteiger partial charge on any atom is -0.435 e. The zero-order valence-corrected chi connectivity index (χ0v) is 14.5. The van der Waals surface area contributed by atoms with Crippen LogP contribution in [0.2, 0.25) is 0 Å². The van der Waals surface area contributed by atoms with Crippen LogP contribution in [0, 0.1) is 5.82 Å².